The molecule has 1 heterocycles. The Hall–Kier alpha value is -2.09. The van der Waals surface area contributed by atoms with Crippen molar-refractivity contribution < 1.29 is 9.18 Å². The fourth-order valence-electron chi connectivity index (χ4n) is 2.07. The lowest BCUT2D eigenvalue weighted by Gasteiger charge is -2.10. The summed E-state index contributed by atoms with van der Waals surface area (Å²) in [5.41, 5.74) is 1.26. The van der Waals surface area contributed by atoms with Gasteiger partial charge in [0.25, 0.3) is 0 Å². The molecule has 2 aromatic carbocycles. The van der Waals surface area contributed by atoms with Crippen molar-refractivity contribution in [2.75, 3.05) is 5.32 Å². The molecule has 0 radical (unpaired) electrons. The van der Waals surface area contributed by atoms with Crippen LogP contribution in [-0.2, 0) is 4.79 Å². The van der Waals surface area contributed by atoms with Gasteiger partial charge >= 0.3 is 0 Å². The van der Waals surface area contributed by atoms with Crippen LogP contribution in [0, 0.1) is 5.82 Å². The van der Waals surface area contributed by atoms with E-state index in [1.165, 1.54) is 30.0 Å². The Morgan fingerprint density at radius 3 is 2.65 bits per heavy atom. The first-order chi connectivity index (χ1) is 12.4. The molecule has 134 valence electrons. The molecule has 2 N–H and O–H groups in total. The van der Waals surface area contributed by atoms with Crippen LogP contribution in [0.3, 0.4) is 0 Å². The Morgan fingerprint density at radius 2 is 1.96 bits per heavy atom. The Kier molecular flexibility index (Phi) is 5.80. The molecular formula is C17H13Cl2FN4OS. The molecule has 0 aliphatic heterocycles. The first kappa shape index (κ1) is 18.7. The molecule has 0 saturated heterocycles. The predicted molar refractivity (Wildman–Crippen MR) is 102 cm³/mol. The number of nitrogens with one attached hydrogen (secondary N) is 2. The van der Waals surface area contributed by atoms with Crippen LogP contribution in [-0.4, -0.2) is 26.3 Å². The van der Waals surface area contributed by atoms with Gasteiger partial charge in [-0.15, -0.1) is 5.10 Å². The highest BCUT2D eigenvalue weighted by Gasteiger charge is 2.18. The van der Waals surface area contributed by atoms with Gasteiger partial charge in [-0.2, -0.15) is 0 Å². The van der Waals surface area contributed by atoms with Crippen molar-refractivity contribution in [2.45, 2.75) is 17.3 Å². The third-order valence-electron chi connectivity index (χ3n) is 3.42. The van der Waals surface area contributed by atoms with Crippen molar-refractivity contribution >= 4 is 46.6 Å². The third kappa shape index (κ3) is 4.55. The van der Waals surface area contributed by atoms with E-state index in [4.69, 9.17) is 23.2 Å². The second-order valence-corrected chi connectivity index (χ2v) is 7.50. The standard InChI is InChI=1S/C17H13Cl2FN4OS/c1-9(16(25)21-12-6-7-14(20)13(19)8-12)26-17-22-15(23-24-17)10-2-4-11(18)5-3-10/h2-9H,1H3,(H,21,25)(H,22,23,24). The number of H-pyrrole nitrogens is 1. The lowest BCUT2D eigenvalue weighted by atomic mass is 10.2. The number of halogens is 3. The average Bonchev–Trinajstić information content (AvgIpc) is 3.07. The lowest BCUT2D eigenvalue weighted by molar-refractivity contribution is -0.115. The lowest BCUT2D eigenvalue weighted by Crippen LogP contribution is -2.22. The van der Waals surface area contributed by atoms with E-state index in [2.05, 4.69) is 20.5 Å². The number of benzene rings is 2. The van der Waals surface area contributed by atoms with Gasteiger partial charge in [-0.05, 0) is 49.4 Å². The van der Waals surface area contributed by atoms with Crippen molar-refractivity contribution in [1.29, 1.82) is 0 Å². The molecule has 1 amide bonds. The van der Waals surface area contributed by atoms with Crippen LogP contribution in [0.1, 0.15) is 6.92 Å². The predicted octanol–water partition coefficient (Wildman–Crippen LogP) is 5.04. The Bertz CT molecular complexity index is 933. The highest BCUT2D eigenvalue weighted by Crippen LogP contribution is 2.25. The van der Waals surface area contributed by atoms with E-state index < -0.39 is 11.1 Å². The summed E-state index contributed by atoms with van der Waals surface area (Å²) in [5, 5.41) is 10.2. The van der Waals surface area contributed by atoms with Crippen LogP contribution < -0.4 is 5.32 Å². The third-order valence-corrected chi connectivity index (χ3v) is 4.92. The van der Waals surface area contributed by atoms with Crippen molar-refractivity contribution in [3.8, 4) is 11.4 Å². The maximum Gasteiger partial charge on any atom is 0.237 e. The minimum Gasteiger partial charge on any atom is -0.325 e. The number of nitrogens with zero attached hydrogens (tertiary/aromatic N) is 2. The molecule has 3 rings (SSSR count). The second kappa shape index (κ2) is 8.07. The van der Waals surface area contributed by atoms with Gasteiger partial charge < -0.3 is 5.32 Å². The number of rotatable bonds is 5. The zero-order valence-corrected chi connectivity index (χ0v) is 15.8. The van der Waals surface area contributed by atoms with Crippen molar-refractivity contribution in [1.82, 2.24) is 15.2 Å². The van der Waals surface area contributed by atoms with Crippen molar-refractivity contribution in [3.05, 3.63) is 58.3 Å². The molecule has 0 bridgehead atoms. The number of amides is 1. The van der Waals surface area contributed by atoms with Gasteiger partial charge in [0.1, 0.15) is 5.82 Å². The van der Waals surface area contributed by atoms with Crippen LogP contribution >= 0.6 is 35.0 Å². The highest BCUT2D eigenvalue weighted by molar-refractivity contribution is 8.00. The number of hydrogen-bond donors (Lipinski definition) is 2. The topological polar surface area (TPSA) is 70.7 Å². The largest absolute Gasteiger partial charge is 0.325 e. The molecule has 1 aromatic heterocycles. The van der Waals surface area contributed by atoms with Gasteiger partial charge in [0.2, 0.25) is 11.1 Å². The van der Waals surface area contributed by atoms with Gasteiger partial charge in [0.15, 0.2) is 5.82 Å². The van der Waals surface area contributed by atoms with E-state index >= 15 is 0 Å². The molecule has 0 fully saturated rings. The number of aromatic nitrogens is 3. The van der Waals surface area contributed by atoms with E-state index in [0.717, 1.165) is 5.56 Å². The van der Waals surface area contributed by atoms with Gasteiger partial charge in [-0.1, -0.05) is 35.0 Å². The first-order valence-electron chi connectivity index (χ1n) is 7.53. The normalized spacial score (nSPS) is 12.0. The zero-order valence-electron chi connectivity index (χ0n) is 13.5. The van der Waals surface area contributed by atoms with E-state index in [9.17, 15) is 9.18 Å². The molecule has 26 heavy (non-hydrogen) atoms. The molecule has 1 unspecified atom stereocenters. The Labute approximate surface area is 163 Å². The maximum atomic E-state index is 13.2. The van der Waals surface area contributed by atoms with Crippen LogP contribution in [0.15, 0.2) is 47.6 Å². The minimum atomic E-state index is -0.539. The monoisotopic (exact) mass is 410 g/mol. The van der Waals surface area contributed by atoms with Gasteiger partial charge in [0, 0.05) is 16.3 Å². The quantitative estimate of drug-likeness (QED) is 0.578. The number of carbonyl (C=O) groups is 1. The zero-order chi connectivity index (χ0) is 18.7. The maximum absolute atomic E-state index is 13.2. The summed E-state index contributed by atoms with van der Waals surface area (Å²) in [6.45, 7) is 1.73. The van der Waals surface area contributed by atoms with Crippen LogP contribution in [0.25, 0.3) is 11.4 Å². The highest BCUT2D eigenvalue weighted by atomic mass is 35.5. The molecule has 5 nitrogen and oxygen atoms in total. The fourth-order valence-corrected chi connectivity index (χ4v) is 3.10. The van der Waals surface area contributed by atoms with E-state index in [1.807, 2.05) is 12.1 Å². The fraction of sp³-hybridized carbons (Fsp3) is 0.118. The number of anilines is 1. The van der Waals surface area contributed by atoms with E-state index in [1.54, 1.807) is 19.1 Å². The summed E-state index contributed by atoms with van der Waals surface area (Å²) < 4.78 is 13.2. The molecule has 1 atom stereocenters. The van der Waals surface area contributed by atoms with E-state index in [0.29, 0.717) is 21.7 Å². The number of aromatic amines is 1. The van der Waals surface area contributed by atoms with Crippen molar-refractivity contribution in [3.63, 3.8) is 0 Å². The first-order valence-corrected chi connectivity index (χ1v) is 9.17. The summed E-state index contributed by atoms with van der Waals surface area (Å²) in [6, 6.07) is 11.2. The summed E-state index contributed by atoms with van der Waals surface area (Å²) in [6.07, 6.45) is 0. The molecule has 0 aliphatic rings. The van der Waals surface area contributed by atoms with Crippen molar-refractivity contribution in [2.24, 2.45) is 0 Å². The second-order valence-electron chi connectivity index (χ2n) is 5.35. The van der Waals surface area contributed by atoms with Gasteiger partial charge in [-0.3, -0.25) is 9.89 Å². The number of thioether (sulfide) groups is 1. The summed E-state index contributed by atoms with van der Waals surface area (Å²) >= 11 is 12.8. The molecular weight excluding hydrogens is 398 g/mol. The average molecular weight is 411 g/mol. The van der Waals surface area contributed by atoms with Crippen LogP contribution in [0.5, 0.6) is 0 Å². The van der Waals surface area contributed by atoms with Crippen LogP contribution in [0.4, 0.5) is 10.1 Å². The summed E-state index contributed by atoms with van der Waals surface area (Å²) in [7, 11) is 0. The number of carbonyl (C=O) groups excluding carboxylic acids is 1. The minimum absolute atomic E-state index is 0.0512. The smallest absolute Gasteiger partial charge is 0.237 e. The van der Waals surface area contributed by atoms with Gasteiger partial charge in [0.05, 0.1) is 10.3 Å². The molecule has 0 aliphatic carbocycles. The summed E-state index contributed by atoms with van der Waals surface area (Å²) in [5.74, 6) is -0.222. The molecule has 3 aromatic rings. The van der Waals surface area contributed by atoms with Crippen LogP contribution in [0.2, 0.25) is 10.0 Å². The Balaban J connectivity index is 1.64. The molecule has 0 saturated carbocycles. The Morgan fingerprint density at radius 1 is 1.23 bits per heavy atom. The molecule has 9 heteroatoms. The number of hydrogen-bond acceptors (Lipinski definition) is 4. The van der Waals surface area contributed by atoms with Gasteiger partial charge in [-0.25, -0.2) is 9.37 Å². The molecule has 0 spiro atoms. The van der Waals surface area contributed by atoms with E-state index in [-0.39, 0.29) is 10.9 Å². The summed E-state index contributed by atoms with van der Waals surface area (Å²) in [4.78, 5) is 16.6. The SMILES string of the molecule is CC(Sc1n[nH]c(-c2ccc(Cl)cc2)n1)C(=O)Nc1ccc(F)c(Cl)c1.